The van der Waals surface area contributed by atoms with Gasteiger partial charge >= 0.3 is 23.2 Å². The van der Waals surface area contributed by atoms with Gasteiger partial charge in [0.15, 0.2) is 0 Å². The van der Waals surface area contributed by atoms with E-state index >= 15 is 0 Å². The van der Waals surface area contributed by atoms with E-state index in [9.17, 15) is 24.8 Å². The first-order chi connectivity index (χ1) is 13.8. The highest BCUT2D eigenvalue weighted by Crippen LogP contribution is 2.20. The molecular weight excluding hydrogens is 422 g/mol. The molecule has 0 saturated carbocycles. The lowest BCUT2D eigenvalue weighted by Crippen LogP contribution is -2.58. The minimum Gasteiger partial charge on any atom is -0.458 e. The number of esters is 1. The van der Waals surface area contributed by atoms with Crippen molar-refractivity contribution in [2.45, 2.75) is 51.5 Å². The molecule has 30 heavy (non-hydrogen) atoms. The van der Waals surface area contributed by atoms with Crippen LogP contribution >= 0.6 is 11.6 Å². The molecule has 13 heteroatoms. The lowest BCUT2D eigenvalue weighted by Gasteiger charge is -2.36. The molecule has 1 fully saturated rings. The zero-order valence-electron chi connectivity index (χ0n) is 17.3. The van der Waals surface area contributed by atoms with E-state index in [4.69, 9.17) is 21.1 Å². The first-order valence-corrected chi connectivity index (χ1v) is 9.63. The Labute approximate surface area is 178 Å². The predicted octanol–water partition coefficient (Wildman–Crippen LogP) is 0.948. The van der Waals surface area contributed by atoms with Gasteiger partial charge in [0.2, 0.25) is 0 Å². The number of carbonyl (C=O) groups is 2. The number of ether oxygens (including phenoxy) is 2. The number of aliphatic hydroxyl groups is 1. The summed E-state index contributed by atoms with van der Waals surface area (Å²) in [6.45, 7) is 6.85. The molecule has 0 bridgehead atoms. The number of nitrogens with one attached hydrogen (secondary N) is 1. The van der Waals surface area contributed by atoms with Gasteiger partial charge in [0, 0.05) is 19.6 Å². The number of amides is 1. The van der Waals surface area contributed by atoms with Gasteiger partial charge in [-0.3, -0.25) is 9.47 Å². The molecule has 1 aliphatic rings. The predicted molar refractivity (Wildman–Crippen MR) is 105 cm³/mol. The smallest absolute Gasteiger partial charge is 0.410 e. The van der Waals surface area contributed by atoms with Crippen LogP contribution in [0.1, 0.15) is 27.7 Å². The molecule has 2 N–H and O–H groups in total. The number of halogens is 1. The Morgan fingerprint density at radius 3 is 2.67 bits per heavy atom. The van der Waals surface area contributed by atoms with E-state index in [0.29, 0.717) is 6.54 Å². The topological polar surface area (TPSA) is 149 Å². The Hall–Kier alpha value is -2.44. The van der Waals surface area contributed by atoms with Crippen molar-refractivity contribution in [1.82, 2.24) is 19.8 Å². The van der Waals surface area contributed by atoms with Gasteiger partial charge in [-0.1, -0.05) is 0 Å². The number of nitrogens with zero attached hydrogens (tertiary/aromatic N) is 4. The first kappa shape index (κ1) is 23.8. The zero-order chi connectivity index (χ0) is 22.7. The largest absolute Gasteiger partial charge is 0.458 e. The SMILES string of the molecule is CC(C)(C)OC(=O)C1CNCCN1C(=O)OC[C@](C)(O)Cn1cc([N+](=O)[O-])nc1Cl. The van der Waals surface area contributed by atoms with Crippen molar-refractivity contribution in [2.24, 2.45) is 0 Å². The van der Waals surface area contributed by atoms with E-state index < -0.39 is 46.7 Å². The maximum Gasteiger partial charge on any atom is 0.410 e. The van der Waals surface area contributed by atoms with Gasteiger partial charge in [-0.2, -0.15) is 0 Å². The molecule has 1 amide bonds. The number of nitro groups is 1. The lowest BCUT2D eigenvalue weighted by molar-refractivity contribution is -0.389. The van der Waals surface area contributed by atoms with Crippen LogP contribution in [0.25, 0.3) is 0 Å². The molecule has 12 nitrogen and oxygen atoms in total. The second-order valence-corrected chi connectivity index (χ2v) is 8.59. The normalized spacial score (nSPS) is 19.1. The third-order valence-corrected chi connectivity index (χ3v) is 4.38. The van der Waals surface area contributed by atoms with Crippen LogP contribution in [0.5, 0.6) is 0 Å². The molecule has 0 radical (unpaired) electrons. The van der Waals surface area contributed by atoms with Gasteiger partial charge in [-0.05, 0) is 49.2 Å². The molecule has 0 aromatic carbocycles. The van der Waals surface area contributed by atoms with Crippen LogP contribution < -0.4 is 5.32 Å². The number of hydrogen-bond donors (Lipinski definition) is 2. The maximum absolute atomic E-state index is 12.6. The molecule has 2 atom stereocenters. The Balaban J connectivity index is 1.99. The van der Waals surface area contributed by atoms with Gasteiger partial charge in [-0.25, -0.2) is 9.59 Å². The van der Waals surface area contributed by atoms with Crippen LogP contribution in [-0.4, -0.2) is 80.0 Å². The minimum atomic E-state index is -1.59. The summed E-state index contributed by atoms with van der Waals surface area (Å²) in [6.07, 6.45) is 0.295. The fraction of sp³-hybridized carbons (Fsp3) is 0.706. The van der Waals surface area contributed by atoms with Crippen molar-refractivity contribution in [2.75, 3.05) is 26.2 Å². The molecule has 0 spiro atoms. The maximum atomic E-state index is 12.6. The molecule has 1 aromatic heterocycles. The van der Waals surface area contributed by atoms with Crippen LogP contribution in [0.4, 0.5) is 10.6 Å². The Kier molecular flexibility index (Phi) is 7.27. The summed E-state index contributed by atoms with van der Waals surface area (Å²) in [5, 5.41) is 24.2. The molecule has 1 aromatic rings. The molecule has 1 aliphatic heterocycles. The summed E-state index contributed by atoms with van der Waals surface area (Å²) in [6, 6.07) is -0.860. The second kappa shape index (κ2) is 9.14. The first-order valence-electron chi connectivity index (χ1n) is 9.25. The summed E-state index contributed by atoms with van der Waals surface area (Å²) >= 11 is 5.85. The fourth-order valence-corrected chi connectivity index (χ4v) is 2.99. The highest BCUT2D eigenvalue weighted by molar-refractivity contribution is 6.28. The lowest BCUT2D eigenvalue weighted by atomic mass is 10.1. The molecule has 0 aliphatic carbocycles. The van der Waals surface area contributed by atoms with Crippen molar-refractivity contribution in [3.8, 4) is 0 Å². The molecule has 2 rings (SSSR count). The summed E-state index contributed by atoms with van der Waals surface area (Å²) in [5.74, 6) is -1.02. The van der Waals surface area contributed by atoms with Gasteiger partial charge in [0.25, 0.3) is 0 Å². The van der Waals surface area contributed by atoms with E-state index in [2.05, 4.69) is 10.3 Å². The highest BCUT2D eigenvalue weighted by atomic mass is 35.5. The van der Waals surface area contributed by atoms with E-state index in [-0.39, 0.29) is 24.9 Å². The van der Waals surface area contributed by atoms with Crippen molar-refractivity contribution in [1.29, 1.82) is 0 Å². The molecule has 1 saturated heterocycles. The Morgan fingerprint density at radius 1 is 1.43 bits per heavy atom. The van der Waals surface area contributed by atoms with Gasteiger partial charge in [0.1, 0.15) is 30.0 Å². The average Bonchev–Trinajstić information content (AvgIpc) is 2.98. The molecule has 2 heterocycles. The standard InChI is InChI=1S/C17H26ClN5O7/c1-16(2,3)30-13(24)11-7-19-5-6-22(11)15(25)29-10-17(4,26)9-21-8-12(23(27)28)20-14(21)18/h8,11,19,26H,5-7,9-10H2,1-4H3/t11?,17-/m1/s1. The minimum absolute atomic E-state index is 0.180. The third-order valence-electron chi connectivity index (χ3n) is 4.08. The molecular formula is C17H26ClN5O7. The average molecular weight is 448 g/mol. The van der Waals surface area contributed by atoms with Crippen LogP contribution in [0.3, 0.4) is 0 Å². The van der Waals surface area contributed by atoms with Gasteiger partial charge < -0.3 is 30.0 Å². The summed E-state index contributed by atoms with van der Waals surface area (Å²) in [7, 11) is 0. The number of piperazine rings is 1. The number of carbonyl (C=O) groups excluding carboxylic acids is 2. The van der Waals surface area contributed by atoms with Crippen LogP contribution in [0.15, 0.2) is 6.20 Å². The van der Waals surface area contributed by atoms with Gasteiger partial charge in [-0.15, -0.1) is 0 Å². The third kappa shape index (κ3) is 6.54. The number of rotatable bonds is 6. The number of hydrogen-bond acceptors (Lipinski definition) is 9. The van der Waals surface area contributed by atoms with Gasteiger partial charge in [0.05, 0.1) is 6.54 Å². The van der Waals surface area contributed by atoms with Crippen LogP contribution in [0, 0.1) is 10.1 Å². The number of imidazole rings is 1. The second-order valence-electron chi connectivity index (χ2n) is 8.25. The van der Waals surface area contributed by atoms with Crippen molar-refractivity contribution < 1.29 is 29.1 Å². The van der Waals surface area contributed by atoms with E-state index in [1.54, 1.807) is 20.8 Å². The highest BCUT2D eigenvalue weighted by Gasteiger charge is 2.37. The summed E-state index contributed by atoms with van der Waals surface area (Å²) in [4.78, 5) is 39.9. The van der Waals surface area contributed by atoms with Crippen molar-refractivity contribution in [3.05, 3.63) is 21.6 Å². The van der Waals surface area contributed by atoms with E-state index in [0.717, 1.165) is 6.20 Å². The quantitative estimate of drug-likeness (QED) is 0.369. The van der Waals surface area contributed by atoms with Crippen molar-refractivity contribution >= 4 is 29.5 Å². The Morgan fingerprint density at radius 2 is 2.10 bits per heavy atom. The molecule has 168 valence electrons. The van der Waals surface area contributed by atoms with Crippen molar-refractivity contribution in [3.63, 3.8) is 0 Å². The van der Waals surface area contributed by atoms with E-state index in [1.807, 2.05) is 0 Å². The summed E-state index contributed by atoms with van der Waals surface area (Å²) in [5.41, 5.74) is -2.30. The molecule has 1 unspecified atom stereocenters. The fourth-order valence-electron chi connectivity index (χ4n) is 2.80. The van der Waals surface area contributed by atoms with Crippen LogP contribution in [0.2, 0.25) is 5.28 Å². The summed E-state index contributed by atoms with van der Waals surface area (Å²) < 4.78 is 11.8. The monoisotopic (exact) mass is 447 g/mol. The number of aromatic nitrogens is 2. The van der Waals surface area contributed by atoms with Crippen LogP contribution in [-0.2, 0) is 20.8 Å². The zero-order valence-corrected chi connectivity index (χ0v) is 18.0. The van der Waals surface area contributed by atoms with E-state index in [1.165, 1.54) is 16.4 Å². The Bertz CT molecular complexity index is 805.